The second-order valence-corrected chi connectivity index (χ2v) is 10.2. The lowest BCUT2D eigenvalue weighted by molar-refractivity contribution is -0.116. The first kappa shape index (κ1) is 22.7. The number of carbonyl (C=O) groups is 2. The second-order valence-electron chi connectivity index (χ2n) is 7.88. The summed E-state index contributed by atoms with van der Waals surface area (Å²) in [5.74, 6) is -1.50. The molecule has 2 fully saturated rings. The molecule has 7 nitrogen and oxygen atoms in total. The lowest BCUT2D eigenvalue weighted by Gasteiger charge is -2.29. The minimum atomic E-state index is -3.66. The van der Waals surface area contributed by atoms with Crippen LogP contribution in [0.4, 0.5) is 10.1 Å². The molecule has 2 heterocycles. The molecule has 2 aliphatic rings. The maximum atomic E-state index is 14.6. The minimum Gasteiger partial charge on any atom is -0.350 e. The van der Waals surface area contributed by atoms with Gasteiger partial charge in [0, 0.05) is 29.1 Å². The number of carbonyl (C=O) groups excluding carboxylic acids is 2. The number of anilines is 1. The van der Waals surface area contributed by atoms with Crippen molar-refractivity contribution in [2.45, 2.75) is 25.3 Å². The van der Waals surface area contributed by atoms with Gasteiger partial charge >= 0.3 is 0 Å². The summed E-state index contributed by atoms with van der Waals surface area (Å²) in [6, 6.07) is 9.94. The van der Waals surface area contributed by atoms with Crippen LogP contribution < -0.4 is 9.62 Å². The number of hydrogen-bond donors (Lipinski definition) is 1. The monoisotopic (exact) mass is 479 g/mol. The van der Waals surface area contributed by atoms with E-state index in [0.717, 1.165) is 30.2 Å². The molecule has 2 aromatic rings. The predicted octanol–water partition coefficient (Wildman–Crippen LogP) is 3.11. The number of rotatable bonds is 6. The fraction of sp³-hybridized carbons (Fsp3) is 0.364. The summed E-state index contributed by atoms with van der Waals surface area (Å²) in [5.41, 5.74) is 0.874. The molecule has 32 heavy (non-hydrogen) atoms. The molecule has 2 saturated heterocycles. The van der Waals surface area contributed by atoms with Crippen LogP contribution in [0.5, 0.6) is 0 Å². The van der Waals surface area contributed by atoms with Gasteiger partial charge in [0.05, 0.1) is 17.5 Å². The molecule has 0 saturated carbocycles. The van der Waals surface area contributed by atoms with Crippen LogP contribution >= 0.6 is 11.6 Å². The van der Waals surface area contributed by atoms with E-state index in [-0.39, 0.29) is 30.3 Å². The molecule has 2 amide bonds. The van der Waals surface area contributed by atoms with Crippen LogP contribution in [0.2, 0.25) is 5.02 Å². The van der Waals surface area contributed by atoms with Gasteiger partial charge in [-0.15, -0.1) is 0 Å². The Morgan fingerprint density at radius 2 is 1.81 bits per heavy atom. The largest absolute Gasteiger partial charge is 0.350 e. The quantitative estimate of drug-likeness (QED) is 0.688. The Morgan fingerprint density at radius 3 is 2.41 bits per heavy atom. The van der Waals surface area contributed by atoms with E-state index in [0.29, 0.717) is 16.1 Å². The van der Waals surface area contributed by atoms with E-state index in [1.165, 1.54) is 30.3 Å². The Morgan fingerprint density at radius 1 is 1.12 bits per heavy atom. The molecule has 4 rings (SSSR count). The van der Waals surface area contributed by atoms with E-state index in [4.69, 9.17) is 11.6 Å². The molecule has 1 atom stereocenters. The summed E-state index contributed by atoms with van der Waals surface area (Å²) in [4.78, 5) is 26.8. The summed E-state index contributed by atoms with van der Waals surface area (Å²) in [6.45, 7) is 1.75. The molecule has 0 unspecified atom stereocenters. The van der Waals surface area contributed by atoms with Gasteiger partial charge in [-0.3, -0.25) is 14.5 Å². The summed E-state index contributed by atoms with van der Waals surface area (Å²) >= 11 is 6.29. The molecular weight excluding hydrogens is 457 g/mol. The lowest BCUT2D eigenvalue weighted by Crippen LogP contribution is -2.37. The van der Waals surface area contributed by atoms with Crippen LogP contribution in [-0.2, 0) is 14.8 Å². The summed E-state index contributed by atoms with van der Waals surface area (Å²) in [6.07, 6.45) is 1.94. The minimum absolute atomic E-state index is 0.0545. The third-order valence-electron chi connectivity index (χ3n) is 5.81. The Hall–Kier alpha value is -2.49. The van der Waals surface area contributed by atoms with Crippen LogP contribution in [0.25, 0.3) is 0 Å². The smallest absolute Gasteiger partial charge is 0.251 e. The van der Waals surface area contributed by atoms with Crippen LogP contribution in [-0.4, -0.2) is 50.5 Å². The number of nitrogens with one attached hydrogen (secondary N) is 1. The van der Waals surface area contributed by atoms with Gasteiger partial charge in [0.25, 0.3) is 5.91 Å². The number of likely N-dealkylation sites (tertiary alicyclic amines) is 1. The molecule has 0 aliphatic carbocycles. The topological polar surface area (TPSA) is 86.8 Å². The van der Waals surface area contributed by atoms with Crippen molar-refractivity contribution in [3.8, 4) is 0 Å². The first-order valence-electron chi connectivity index (χ1n) is 10.4. The van der Waals surface area contributed by atoms with Gasteiger partial charge in [-0.1, -0.05) is 17.7 Å². The van der Waals surface area contributed by atoms with Gasteiger partial charge in [-0.25, -0.2) is 17.1 Å². The van der Waals surface area contributed by atoms with Gasteiger partial charge in [-0.05, 0) is 62.3 Å². The average molecular weight is 480 g/mol. The molecule has 0 aromatic heterocycles. The molecule has 1 N–H and O–H groups in total. The van der Waals surface area contributed by atoms with Crippen LogP contribution in [0, 0.1) is 5.82 Å². The SMILES string of the molecule is O=C(NC[C@@H](c1c(F)cccc1Cl)N1CCCC1)c1ccc(N2C(=O)CCS2(=O)=O)cc1. The number of hydrogen-bond acceptors (Lipinski definition) is 5. The van der Waals surface area contributed by atoms with Crippen molar-refractivity contribution in [1.29, 1.82) is 0 Å². The molecule has 0 bridgehead atoms. The van der Waals surface area contributed by atoms with E-state index < -0.39 is 27.8 Å². The second kappa shape index (κ2) is 9.17. The molecule has 170 valence electrons. The van der Waals surface area contributed by atoms with E-state index in [1.807, 2.05) is 0 Å². The van der Waals surface area contributed by atoms with Gasteiger partial charge < -0.3 is 5.32 Å². The number of amides is 2. The fourth-order valence-corrected chi connectivity index (χ4v) is 5.95. The van der Waals surface area contributed by atoms with Crippen molar-refractivity contribution in [2.75, 3.05) is 29.7 Å². The van der Waals surface area contributed by atoms with Crippen molar-refractivity contribution in [3.05, 3.63) is 64.4 Å². The Balaban J connectivity index is 1.49. The number of nitrogens with zero attached hydrogens (tertiary/aromatic N) is 2. The maximum Gasteiger partial charge on any atom is 0.251 e. The Bertz CT molecular complexity index is 1110. The first-order valence-corrected chi connectivity index (χ1v) is 12.4. The number of halogens is 2. The zero-order valence-electron chi connectivity index (χ0n) is 17.3. The molecule has 2 aromatic carbocycles. The Labute approximate surface area is 191 Å². The highest BCUT2D eigenvalue weighted by atomic mass is 35.5. The molecular formula is C22H23ClFN3O4S. The van der Waals surface area contributed by atoms with Crippen LogP contribution in [0.1, 0.15) is 41.2 Å². The predicted molar refractivity (Wildman–Crippen MR) is 120 cm³/mol. The van der Waals surface area contributed by atoms with E-state index in [1.54, 1.807) is 12.1 Å². The normalized spacial score (nSPS) is 19.3. The highest BCUT2D eigenvalue weighted by molar-refractivity contribution is 7.94. The van der Waals surface area contributed by atoms with Crippen molar-refractivity contribution in [1.82, 2.24) is 10.2 Å². The zero-order valence-corrected chi connectivity index (χ0v) is 18.8. The zero-order chi connectivity index (χ0) is 22.9. The van der Waals surface area contributed by atoms with E-state index in [9.17, 15) is 22.4 Å². The first-order chi connectivity index (χ1) is 15.3. The molecule has 2 aliphatic heterocycles. The van der Waals surface area contributed by atoms with Crippen LogP contribution in [0.3, 0.4) is 0 Å². The van der Waals surface area contributed by atoms with Gasteiger partial charge in [0.2, 0.25) is 15.9 Å². The van der Waals surface area contributed by atoms with E-state index >= 15 is 0 Å². The maximum absolute atomic E-state index is 14.6. The summed E-state index contributed by atoms with van der Waals surface area (Å²) in [7, 11) is -3.66. The number of sulfonamides is 1. The third kappa shape index (κ3) is 4.51. The molecule has 0 radical (unpaired) electrons. The van der Waals surface area contributed by atoms with Gasteiger partial charge in [0.1, 0.15) is 5.82 Å². The lowest BCUT2D eigenvalue weighted by atomic mass is 10.0. The van der Waals surface area contributed by atoms with Crippen molar-refractivity contribution in [3.63, 3.8) is 0 Å². The summed E-state index contributed by atoms with van der Waals surface area (Å²) < 4.78 is 39.5. The Kier molecular flexibility index (Phi) is 6.50. The molecule has 0 spiro atoms. The van der Waals surface area contributed by atoms with Crippen molar-refractivity contribution in [2.24, 2.45) is 0 Å². The highest BCUT2D eigenvalue weighted by Crippen LogP contribution is 2.32. The molecule has 10 heteroatoms. The van der Waals surface area contributed by atoms with Crippen molar-refractivity contribution < 1.29 is 22.4 Å². The summed E-state index contributed by atoms with van der Waals surface area (Å²) in [5, 5.41) is 3.15. The average Bonchev–Trinajstić information content (AvgIpc) is 3.38. The van der Waals surface area contributed by atoms with Crippen molar-refractivity contribution >= 4 is 39.1 Å². The highest BCUT2D eigenvalue weighted by Gasteiger charge is 2.36. The number of benzene rings is 2. The third-order valence-corrected chi connectivity index (χ3v) is 7.83. The fourth-order valence-electron chi connectivity index (χ4n) is 4.20. The standard InChI is InChI=1S/C22H23ClFN3O4S/c23-17-4-3-5-18(24)21(17)19(26-11-1-2-12-26)14-25-22(29)15-6-8-16(9-7-15)27-20(28)10-13-32(27,30)31/h3-9,19H,1-2,10-14H2,(H,25,29)/t19-/m0/s1. The van der Waals surface area contributed by atoms with Gasteiger partial charge in [-0.2, -0.15) is 0 Å². The van der Waals surface area contributed by atoms with Gasteiger partial charge in [0.15, 0.2) is 0 Å². The van der Waals surface area contributed by atoms with E-state index in [2.05, 4.69) is 10.2 Å². The van der Waals surface area contributed by atoms with Crippen LogP contribution in [0.15, 0.2) is 42.5 Å².